The van der Waals surface area contributed by atoms with Crippen LogP contribution in [0.2, 0.25) is 0 Å². The zero-order chi connectivity index (χ0) is 6.62. The van der Waals surface area contributed by atoms with Gasteiger partial charge in [-0.3, -0.25) is 0 Å². The van der Waals surface area contributed by atoms with Gasteiger partial charge in [-0.25, -0.2) is 0 Å². The monoisotopic (exact) mass is 338 g/mol. The van der Waals surface area contributed by atoms with Crippen molar-refractivity contribution in [1.29, 1.82) is 0 Å². The summed E-state index contributed by atoms with van der Waals surface area (Å²) < 4.78 is 2.56. The van der Waals surface area contributed by atoms with Gasteiger partial charge in [0.2, 0.25) is 0 Å². The first-order valence-electron chi connectivity index (χ1n) is 2.74. The summed E-state index contributed by atoms with van der Waals surface area (Å²) >= 11 is 4.88. The molecule has 0 bridgehead atoms. The molecule has 0 aliphatic heterocycles. The van der Waals surface area contributed by atoms with Crippen LogP contribution in [0.5, 0.6) is 0 Å². The lowest BCUT2D eigenvalue weighted by molar-refractivity contribution is 0.422. The van der Waals surface area contributed by atoms with Gasteiger partial charge in [-0.15, -0.1) is 0 Å². The Labute approximate surface area is 79.1 Å². The van der Waals surface area contributed by atoms with E-state index < -0.39 is 0 Å². The van der Waals surface area contributed by atoms with E-state index in [4.69, 9.17) is 0 Å². The van der Waals surface area contributed by atoms with Crippen molar-refractivity contribution in [1.82, 2.24) is 0 Å². The lowest BCUT2D eigenvalue weighted by Gasteiger charge is -2.19. The second-order valence-corrected chi connectivity index (χ2v) is 4.58. The van der Waals surface area contributed by atoms with E-state index in [-0.39, 0.29) is 0 Å². The minimum absolute atomic E-state index is 0.571. The van der Waals surface area contributed by atoms with E-state index in [2.05, 4.69) is 59.0 Å². The Morgan fingerprint density at radius 2 is 1.75 bits per heavy atom. The predicted molar refractivity (Wildman–Crippen MR) is 56.2 cm³/mol. The first-order valence-corrected chi connectivity index (χ1v) is 5.79. The molecule has 0 fully saturated rings. The van der Waals surface area contributed by atoms with E-state index in [0.717, 1.165) is 0 Å². The zero-order valence-electron chi connectivity index (χ0n) is 5.38. The SMILES string of the molecule is CC(C)(CI)CCI. The third-order valence-electron chi connectivity index (χ3n) is 1.13. The number of hydrogen-bond donors (Lipinski definition) is 0. The molecule has 0 spiro atoms. The molecule has 0 rings (SSSR count). The van der Waals surface area contributed by atoms with Crippen molar-refractivity contribution < 1.29 is 0 Å². The molecule has 0 saturated carbocycles. The molecule has 0 atom stereocenters. The van der Waals surface area contributed by atoms with Crippen LogP contribution in [0.4, 0.5) is 0 Å². The first kappa shape index (κ1) is 9.46. The maximum atomic E-state index is 2.45. The molecule has 2 heteroatoms. The number of rotatable bonds is 3. The number of halogens is 2. The van der Waals surface area contributed by atoms with Gasteiger partial charge in [0.25, 0.3) is 0 Å². The highest BCUT2D eigenvalue weighted by Gasteiger charge is 2.13. The molecule has 0 aliphatic rings. The van der Waals surface area contributed by atoms with Crippen LogP contribution in [0.1, 0.15) is 20.3 Å². The highest BCUT2D eigenvalue weighted by atomic mass is 127. The van der Waals surface area contributed by atoms with Crippen molar-refractivity contribution in [2.45, 2.75) is 20.3 Å². The molecule has 0 heterocycles. The lowest BCUT2D eigenvalue weighted by Crippen LogP contribution is -2.12. The van der Waals surface area contributed by atoms with Gasteiger partial charge in [-0.1, -0.05) is 59.0 Å². The van der Waals surface area contributed by atoms with Crippen LogP contribution in [-0.4, -0.2) is 8.86 Å². The quantitative estimate of drug-likeness (QED) is 0.547. The van der Waals surface area contributed by atoms with Gasteiger partial charge in [0.05, 0.1) is 0 Å². The molecule has 0 aromatic rings. The highest BCUT2D eigenvalue weighted by molar-refractivity contribution is 14.1. The summed E-state index contributed by atoms with van der Waals surface area (Å²) in [5.41, 5.74) is 0.571. The Morgan fingerprint density at radius 1 is 1.25 bits per heavy atom. The lowest BCUT2D eigenvalue weighted by atomic mass is 9.94. The van der Waals surface area contributed by atoms with E-state index >= 15 is 0 Å². The van der Waals surface area contributed by atoms with Crippen LogP contribution < -0.4 is 0 Å². The van der Waals surface area contributed by atoms with Gasteiger partial charge >= 0.3 is 0 Å². The van der Waals surface area contributed by atoms with Crippen molar-refractivity contribution in [3.05, 3.63) is 0 Å². The van der Waals surface area contributed by atoms with Crippen LogP contribution in [0, 0.1) is 5.41 Å². The average molecular weight is 338 g/mol. The van der Waals surface area contributed by atoms with E-state index in [1.807, 2.05) is 0 Å². The molecule has 0 saturated heterocycles. The summed E-state index contributed by atoms with van der Waals surface area (Å²) in [6.07, 6.45) is 1.34. The van der Waals surface area contributed by atoms with Crippen LogP contribution in [0.3, 0.4) is 0 Å². The van der Waals surface area contributed by atoms with Gasteiger partial charge in [-0.2, -0.15) is 0 Å². The van der Waals surface area contributed by atoms with Crippen molar-refractivity contribution >= 4 is 45.2 Å². The van der Waals surface area contributed by atoms with Crippen LogP contribution in [-0.2, 0) is 0 Å². The summed E-state index contributed by atoms with van der Waals surface area (Å²) in [6, 6.07) is 0. The fourth-order valence-electron chi connectivity index (χ4n) is 0.323. The Morgan fingerprint density at radius 3 is 1.88 bits per heavy atom. The van der Waals surface area contributed by atoms with Gasteiger partial charge < -0.3 is 0 Å². The molecule has 50 valence electrons. The fourth-order valence-corrected chi connectivity index (χ4v) is 2.16. The Bertz CT molecular complexity index is 59.5. The van der Waals surface area contributed by atoms with Crippen LogP contribution in [0.25, 0.3) is 0 Å². The second kappa shape index (κ2) is 4.30. The average Bonchev–Trinajstić information content (AvgIpc) is 1.67. The third-order valence-corrected chi connectivity index (χ3v) is 3.74. The normalized spacial score (nSPS) is 12.0. The maximum absolute atomic E-state index is 2.45. The van der Waals surface area contributed by atoms with Gasteiger partial charge in [0.1, 0.15) is 0 Å². The standard InChI is InChI=1S/C6H12I2/c1-6(2,5-8)3-4-7/h3-5H2,1-2H3. The Kier molecular flexibility index (Phi) is 5.09. The topological polar surface area (TPSA) is 0 Å². The Balaban J connectivity index is 3.37. The zero-order valence-corrected chi connectivity index (χ0v) is 9.69. The summed E-state index contributed by atoms with van der Waals surface area (Å²) in [5.74, 6) is 0. The summed E-state index contributed by atoms with van der Waals surface area (Å²) in [5, 5.41) is 0. The summed E-state index contributed by atoms with van der Waals surface area (Å²) in [6.45, 7) is 4.64. The minimum atomic E-state index is 0.571. The fraction of sp³-hybridized carbons (Fsp3) is 1.00. The molecule has 0 nitrogen and oxygen atoms in total. The van der Waals surface area contributed by atoms with Crippen LogP contribution in [0.15, 0.2) is 0 Å². The molecule has 0 N–H and O–H groups in total. The minimum Gasteiger partial charge on any atom is -0.0864 e. The molecular formula is C6H12I2. The van der Waals surface area contributed by atoms with Crippen molar-refractivity contribution in [3.63, 3.8) is 0 Å². The molecular weight excluding hydrogens is 326 g/mol. The summed E-state index contributed by atoms with van der Waals surface area (Å²) in [4.78, 5) is 0. The van der Waals surface area contributed by atoms with Crippen LogP contribution >= 0.6 is 45.2 Å². The van der Waals surface area contributed by atoms with E-state index in [0.29, 0.717) is 5.41 Å². The van der Waals surface area contributed by atoms with E-state index in [1.54, 1.807) is 0 Å². The second-order valence-electron chi connectivity index (χ2n) is 2.74. The molecule has 0 aromatic carbocycles. The molecule has 0 radical (unpaired) electrons. The van der Waals surface area contributed by atoms with Gasteiger partial charge in [0, 0.05) is 8.86 Å². The predicted octanol–water partition coefficient (Wildman–Crippen LogP) is 3.27. The van der Waals surface area contributed by atoms with Crippen molar-refractivity contribution in [2.75, 3.05) is 8.86 Å². The van der Waals surface area contributed by atoms with E-state index in [9.17, 15) is 0 Å². The summed E-state index contributed by atoms with van der Waals surface area (Å²) in [7, 11) is 0. The van der Waals surface area contributed by atoms with Gasteiger partial charge in [0.15, 0.2) is 0 Å². The van der Waals surface area contributed by atoms with Crippen molar-refractivity contribution in [3.8, 4) is 0 Å². The van der Waals surface area contributed by atoms with E-state index in [1.165, 1.54) is 15.3 Å². The van der Waals surface area contributed by atoms with Gasteiger partial charge in [-0.05, 0) is 11.8 Å². The first-order chi connectivity index (χ1) is 3.62. The largest absolute Gasteiger partial charge is 0.0864 e. The molecule has 0 aromatic heterocycles. The smallest absolute Gasteiger partial charge is 0.00469 e. The molecule has 0 amide bonds. The molecule has 0 aliphatic carbocycles. The third kappa shape index (κ3) is 4.35. The highest BCUT2D eigenvalue weighted by Crippen LogP contribution is 2.23. The maximum Gasteiger partial charge on any atom is 0.00469 e. The molecule has 8 heavy (non-hydrogen) atoms. The van der Waals surface area contributed by atoms with Crippen molar-refractivity contribution in [2.24, 2.45) is 5.41 Å². The number of hydrogen-bond acceptors (Lipinski definition) is 0. The molecule has 0 unspecified atom stereocenters. The number of alkyl halides is 2. The Hall–Kier alpha value is 1.46.